The standard InChI is InChI=1S/C31H37ClN4O4/c1-6-22-12-21(15-33)13-25-28(22)35-17-23(29(25)34-16-20-9-10-27(38-5)26(32)14-20)18-39-19-24-8-7-11-36(24)30(37)40-31(2,3)4/h9-10,12-14,17,24H,6-8,11,16,18-19H2,1-5H3,(H,34,35)/t24-/m1/s1. The zero-order valence-corrected chi connectivity index (χ0v) is 24.6. The quantitative estimate of drug-likeness (QED) is 0.303. The van der Waals surface area contributed by atoms with Gasteiger partial charge in [0.05, 0.1) is 54.2 Å². The monoisotopic (exact) mass is 564 g/mol. The number of pyridine rings is 1. The van der Waals surface area contributed by atoms with E-state index in [4.69, 9.17) is 30.8 Å². The Kier molecular flexibility index (Phi) is 9.39. The summed E-state index contributed by atoms with van der Waals surface area (Å²) in [5.74, 6) is 0.618. The summed E-state index contributed by atoms with van der Waals surface area (Å²) in [6, 6.07) is 11.7. The van der Waals surface area contributed by atoms with E-state index in [9.17, 15) is 10.1 Å². The highest BCUT2D eigenvalue weighted by Crippen LogP contribution is 2.32. The Morgan fingerprint density at radius 3 is 2.73 bits per heavy atom. The molecule has 3 aromatic rings. The third-order valence-corrected chi connectivity index (χ3v) is 7.19. The molecule has 4 rings (SSSR count). The fourth-order valence-electron chi connectivity index (χ4n) is 4.95. The Hall–Kier alpha value is -3.54. The van der Waals surface area contributed by atoms with E-state index in [1.54, 1.807) is 12.0 Å². The van der Waals surface area contributed by atoms with Gasteiger partial charge in [0.25, 0.3) is 0 Å². The highest BCUT2D eigenvalue weighted by Gasteiger charge is 2.32. The second kappa shape index (κ2) is 12.8. The molecule has 1 amide bonds. The SMILES string of the molecule is CCc1cc(C#N)cc2c(NCc3ccc(OC)c(Cl)c3)c(COC[C@H]3CCCN3C(=O)OC(C)(C)C)cnc12. The van der Waals surface area contributed by atoms with Crippen LogP contribution in [0, 0.1) is 11.3 Å². The molecule has 0 spiro atoms. The Morgan fingerprint density at radius 2 is 2.05 bits per heavy atom. The first-order chi connectivity index (χ1) is 19.1. The van der Waals surface area contributed by atoms with E-state index in [-0.39, 0.29) is 12.1 Å². The van der Waals surface area contributed by atoms with Crippen molar-refractivity contribution in [1.82, 2.24) is 9.88 Å². The number of hydrogen-bond acceptors (Lipinski definition) is 7. The lowest BCUT2D eigenvalue weighted by atomic mass is 10.0. The van der Waals surface area contributed by atoms with Gasteiger partial charge in [-0.15, -0.1) is 0 Å². The van der Waals surface area contributed by atoms with Gasteiger partial charge in [-0.25, -0.2) is 4.79 Å². The summed E-state index contributed by atoms with van der Waals surface area (Å²) in [6.07, 6.45) is 4.06. The number of carbonyl (C=O) groups is 1. The number of nitrogens with one attached hydrogen (secondary N) is 1. The van der Waals surface area contributed by atoms with Crippen LogP contribution in [0.3, 0.4) is 0 Å². The van der Waals surface area contributed by atoms with Gasteiger partial charge in [0.15, 0.2) is 0 Å². The first kappa shape index (κ1) is 29.4. The fourth-order valence-corrected chi connectivity index (χ4v) is 5.24. The molecule has 2 heterocycles. The minimum atomic E-state index is -0.545. The Morgan fingerprint density at radius 1 is 1.25 bits per heavy atom. The van der Waals surface area contributed by atoms with Crippen LogP contribution in [0.4, 0.5) is 10.5 Å². The normalized spacial score (nSPS) is 15.2. The number of aryl methyl sites for hydroxylation is 1. The van der Waals surface area contributed by atoms with Crippen LogP contribution in [-0.4, -0.2) is 47.9 Å². The molecular weight excluding hydrogens is 528 g/mol. The largest absolute Gasteiger partial charge is 0.495 e. The van der Waals surface area contributed by atoms with Crippen LogP contribution < -0.4 is 10.1 Å². The maximum absolute atomic E-state index is 12.7. The lowest BCUT2D eigenvalue weighted by Gasteiger charge is -2.28. The molecule has 1 aliphatic heterocycles. The topological polar surface area (TPSA) is 96.7 Å². The van der Waals surface area contributed by atoms with Crippen molar-refractivity contribution >= 4 is 34.3 Å². The Labute approximate surface area is 241 Å². The van der Waals surface area contributed by atoms with Crippen LogP contribution in [0.25, 0.3) is 10.9 Å². The van der Waals surface area contributed by atoms with E-state index in [1.165, 1.54) is 0 Å². The molecule has 2 aromatic carbocycles. The second-order valence-electron chi connectivity index (χ2n) is 11.0. The van der Waals surface area contributed by atoms with Crippen LogP contribution in [0.1, 0.15) is 62.8 Å². The molecule has 1 aromatic heterocycles. The van der Waals surface area contributed by atoms with Gasteiger partial charge in [-0.05, 0) is 75.4 Å². The highest BCUT2D eigenvalue weighted by molar-refractivity contribution is 6.32. The summed E-state index contributed by atoms with van der Waals surface area (Å²) in [5, 5.41) is 14.6. The number of aromatic nitrogens is 1. The maximum atomic E-state index is 12.7. The number of benzene rings is 2. The Bertz CT molecular complexity index is 1410. The first-order valence-electron chi connectivity index (χ1n) is 13.6. The lowest BCUT2D eigenvalue weighted by Crippen LogP contribution is -2.41. The molecule has 40 heavy (non-hydrogen) atoms. The third kappa shape index (κ3) is 6.96. The van der Waals surface area contributed by atoms with E-state index in [0.29, 0.717) is 42.6 Å². The minimum Gasteiger partial charge on any atom is -0.495 e. The smallest absolute Gasteiger partial charge is 0.410 e. The molecule has 1 N–H and O–H groups in total. The van der Waals surface area contributed by atoms with Crippen LogP contribution in [0.2, 0.25) is 5.02 Å². The van der Waals surface area contributed by atoms with Gasteiger partial charge >= 0.3 is 6.09 Å². The number of anilines is 1. The second-order valence-corrected chi connectivity index (χ2v) is 11.4. The van der Waals surface area contributed by atoms with Crippen LogP contribution >= 0.6 is 11.6 Å². The van der Waals surface area contributed by atoms with Crippen LogP contribution in [0.15, 0.2) is 36.5 Å². The maximum Gasteiger partial charge on any atom is 0.410 e. The summed E-state index contributed by atoms with van der Waals surface area (Å²) in [6.45, 7) is 9.52. The molecule has 1 aliphatic rings. The molecule has 0 unspecified atom stereocenters. The molecule has 9 heteroatoms. The highest BCUT2D eigenvalue weighted by atomic mass is 35.5. The summed E-state index contributed by atoms with van der Waals surface area (Å²) in [4.78, 5) is 19.2. The van der Waals surface area contributed by atoms with Crippen molar-refractivity contribution in [1.29, 1.82) is 5.26 Å². The van der Waals surface area contributed by atoms with Crippen LogP contribution in [-0.2, 0) is 29.0 Å². The van der Waals surface area contributed by atoms with E-state index in [1.807, 2.05) is 57.3 Å². The number of methoxy groups -OCH3 is 1. The lowest BCUT2D eigenvalue weighted by molar-refractivity contribution is 0.00885. The van der Waals surface area contributed by atoms with Gasteiger partial charge in [-0.3, -0.25) is 4.98 Å². The number of rotatable bonds is 9. The molecule has 8 nitrogen and oxygen atoms in total. The third-order valence-electron chi connectivity index (χ3n) is 6.90. The van der Waals surface area contributed by atoms with E-state index in [2.05, 4.69) is 18.3 Å². The molecule has 0 aliphatic carbocycles. The molecule has 1 fully saturated rings. The van der Waals surface area contributed by atoms with Crippen molar-refractivity contribution in [3.63, 3.8) is 0 Å². The number of halogens is 1. The minimum absolute atomic E-state index is 0.0435. The zero-order chi connectivity index (χ0) is 28.9. The van der Waals surface area contributed by atoms with Crippen molar-refractivity contribution in [2.75, 3.05) is 25.6 Å². The van der Waals surface area contributed by atoms with Crippen molar-refractivity contribution < 1.29 is 19.0 Å². The van der Waals surface area contributed by atoms with Gasteiger partial charge in [0.1, 0.15) is 11.4 Å². The van der Waals surface area contributed by atoms with Gasteiger partial charge in [-0.2, -0.15) is 5.26 Å². The van der Waals surface area contributed by atoms with Crippen molar-refractivity contribution in [2.24, 2.45) is 0 Å². The number of carbonyl (C=O) groups excluding carboxylic acids is 1. The number of nitrogens with zero attached hydrogens (tertiary/aromatic N) is 3. The van der Waals surface area contributed by atoms with Crippen molar-refractivity contribution in [2.45, 2.75) is 71.8 Å². The number of hydrogen-bond donors (Lipinski definition) is 1. The van der Waals surface area contributed by atoms with Gasteiger partial charge in [0.2, 0.25) is 0 Å². The molecule has 1 atom stereocenters. The number of amides is 1. The summed E-state index contributed by atoms with van der Waals surface area (Å²) in [7, 11) is 1.59. The predicted molar refractivity (Wildman–Crippen MR) is 157 cm³/mol. The summed E-state index contributed by atoms with van der Waals surface area (Å²) < 4.78 is 17.1. The molecular formula is C31H37ClN4O4. The average Bonchev–Trinajstić information content (AvgIpc) is 3.39. The number of ether oxygens (including phenoxy) is 3. The van der Waals surface area contributed by atoms with E-state index < -0.39 is 5.60 Å². The number of fused-ring (bicyclic) bond motifs is 1. The van der Waals surface area contributed by atoms with Gasteiger partial charge < -0.3 is 24.4 Å². The zero-order valence-electron chi connectivity index (χ0n) is 23.8. The van der Waals surface area contributed by atoms with Crippen LogP contribution in [0.5, 0.6) is 5.75 Å². The summed E-state index contributed by atoms with van der Waals surface area (Å²) >= 11 is 6.36. The molecule has 1 saturated heterocycles. The van der Waals surface area contributed by atoms with Gasteiger partial charge in [0, 0.05) is 30.2 Å². The molecule has 0 saturated carbocycles. The Balaban J connectivity index is 1.58. The molecule has 212 valence electrons. The predicted octanol–water partition coefficient (Wildman–Crippen LogP) is 6.86. The van der Waals surface area contributed by atoms with E-state index in [0.717, 1.165) is 52.5 Å². The fraction of sp³-hybridized carbons (Fsp3) is 0.452. The van der Waals surface area contributed by atoms with Crippen molar-refractivity contribution in [3.05, 3.63) is 63.8 Å². The average molecular weight is 565 g/mol. The first-order valence-corrected chi connectivity index (χ1v) is 14.0. The molecule has 0 bridgehead atoms. The van der Waals surface area contributed by atoms with Crippen molar-refractivity contribution in [3.8, 4) is 11.8 Å². The van der Waals surface area contributed by atoms with Gasteiger partial charge in [-0.1, -0.05) is 24.6 Å². The molecule has 0 radical (unpaired) electrons. The number of likely N-dealkylation sites (tertiary alicyclic amines) is 1. The van der Waals surface area contributed by atoms with E-state index >= 15 is 0 Å². The number of nitriles is 1. The summed E-state index contributed by atoms with van der Waals surface area (Å²) in [5.41, 5.74) is 4.61.